The van der Waals surface area contributed by atoms with Gasteiger partial charge in [-0.1, -0.05) is 92.3 Å². The number of benzene rings is 2. The Bertz CT molecular complexity index is 1350. The van der Waals surface area contributed by atoms with E-state index in [1.54, 1.807) is 0 Å². The Labute approximate surface area is 221 Å². The molecule has 0 spiro atoms. The zero-order valence-electron chi connectivity index (χ0n) is 21.8. The number of allylic oxidation sites excluding steroid dienone is 6. The second kappa shape index (κ2) is 11.1. The molecule has 5 rings (SSSR count). The summed E-state index contributed by atoms with van der Waals surface area (Å²) in [6, 6.07) is 22.7. The van der Waals surface area contributed by atoms with Crippen molar-refractivity contribution in [3.05, 3.63) is 107 Å². The molecule has 3 aliphatic rings. The second-order valence-corrected chi connectivity index (χ2v) is 10.7. The molecule has 1 heterocycles. The Morgan fingerprint density at radius 2 is 1.65 bits per heavy atom. The van der Waals surface area contributed by atoms with E-state index in [9.17, 15) is 10.5 Å². The molecule has 0 bridgehead atoms. The minimum atomic E-state index is 0.0245. The van der Waals surface area contributed by atoms with Crippen LogP contribution in [0.15, 0.2) is 96.1 Å². The smallest absolute Gasteiger partial charge is 0.0943 e. The number of hydrogen-bond donors (Lipinski definition) is 0. The van der Waals surface area contributed by atoms with Crippen molar-refractivity contribution in [2.75, 3.05) is 4.90 Å². The van der Waals surface area contributed by atoms with Gasteiger partial charge in [0.05, 0.1) is 24.1 Å². The molecule has 2 aromatic carbocycles. The maximum atomic E-state index is 9.92. The van der Waals surface area contributed by atoms with Crippen LogP contribution in [-0.4, -0.2) is 6.04 Å². The Hall–Kier alpha value is -3.82. The van der Waals surface area contributed by atoms with Crippen molar-refractivity contribution in [1.82, 2.24) is 0 Å². The van der Waals surface area contributed by atoms with Gasteiger partial charge in [-0.2, -0.15) is 10.5 Å². The average molecular weight is 486 g/mol. The first kappa shape index (κ1) is 24.9. The van der Waals surface area contributed by atoms with Gasteiger partial charge in [0.2, 0.25) is 0 Å². The van der Waals surface area contributed by atoms with Crippen molar-refractivity contribution >= 4 is 11.4 Å². The number of nitrogens with zero attached hydrogens (tertiary/aromatic N) is 3. The van der Waals surface area contributed by atoms with Gasteiger partial charge in [-0.3, -0.25) is 0 Å². The Morgan fingerprint density at radius 3 is 2.43 bits per heavy atom. The van der Waals surface area contributed by atoms with Gasteiger partial charge >= 0.3 is 0 Å². The van der Waals surface area contributed by atoms with Crippen LogP contribution in [0.5, 0.6) is 0 Å². The van der Waals surface area contributed by atoms with Crippen LogP contribution in [-0.2, 0) is 6.42 Å². The quantitative estimate of drug-likeness (QED) is 0.382. The molecule has 0 saturated carbocycles. The lowest BCUT2D eigenvalue weighted by Crippen LogP contribution is -2.36. The molecular formula is C34H35N3. The second-order valence-electron chi connectivity index (χ2n) is 10.7. The third-order valence-electron chi connectivity index (χ3n) is 8.36. The van der Waals surface area contributed by atoms with Gasteiger partial charge in [-0.25, -0.2) is 0 Å². The van der Waals surface area contributed by atoms with Gasteiger partial charge in [0.1, 0.15) is 0 Å². The van der Waals surface area contributed by atoms with Gasteiger partial charge in [0.15, 0.2) is 0 Å². The monoisotopic (exact) mass is 485 g/mol. The van der Waals surface area contributed by atoms with Crippen LogP contribution in [0.4, 0.5) is 11.4 Å². The van der Waals surface area contributed by atoms with Gasteiger partial charge < -0.3 is 4.90 Å². The molecule has 2 aromatic rings. The molecule has 3 heteroatoms. The van der Waals surface area contributed by atoms with Crippen LogP contribution in [0.25, 0.3) is 0 Å². The summed E-state index contributed by atoms with van der Waals surface area (Å²) in [5.74, 6) is 0.894. The van der Waals surface area contributed by atoms with E-state index in [-0.39, 0.29) is 17.9 Å². The molecule has 5 atom stereocenters. The highest BCUT2D eigenvalue weighted by Crippen LogP contribution is 2.47. The number of hydrogen-bond acceptors (Lipinski definition) is 3. The van der Waals surface area contributed by atoms with Gasteiger partial charge in [-0.15, -0.1) is 0 Å². The largest absolute Gasteiger partial charge is 0.333 e. The number of fused-ring (bicyclic) bond motifs is 4. The lowest BCUT2D eigenvalue weighted by molar-refractivity contribution is 0.466. The van der Waals surface area contributed by atoms with E-state index in [1.165, 1.54) is 28.1 Å². The normalized spacial score (nSPS) is 28.9. The standard InChI is InChI=1S/C34H35N3/c1-24-15-16-26(22-35)17-19-28-10-4-7-13-33(28)37(32-12-6-3-9-25(32)2)34-14-8-5-11-30(34)31-21-27(23-36)18-20-29(24)31/h3-14,17,20,24-25,27,31-32H,15-16,18-19,21H2,1-2H3/b26-17+. The Balaban J connectivity index is 1.76. The number of para-hydroxylation sites is 2. The molecule has 0 saturated heterocycles. The highest BCUT2D eigenvalue weighted by Gasteiger charge is 2.34. The molecule has 186 valence electrons. The predicted octanol–water partition coefficient (Wildman–Crippen LogP) is 8.32. The SMILES string of the molecule is CC1CC/C(C#N)=C\Cc2ccccc2N(C2C=CC=CC2C)c2ccccc2C2CC(C#N)CC=C12. The lowest BCUT2D eigenvalue weighted by atomic mass is 9.72. The molecule has 0 fully saturated rings. The van der Waals surface area contributed by atoms with Crippen LogP contribution in [0.2, 0.25) is 0 Å². The average Bonchev–Trinajstić information content (AvgIpc) is 2.95. The van der Waals surface area contributed by atoms with E-state index in [4.69, 9.17) is 0 Å². The summed E-state index contributed by atoms with van der Waals surface area (Å²) in [7, 11) is 0. The summed E-state index contributed by atoms with van der Waals surface area (Å²) in [5, 5.41) is 19.8. The fraction of sp³-hybridized carbons (Fsp3) is 0.353. The first-order chi connectivity index (χ1) is 18.1. The molecule has 1 aliphatic heterocycles. The molecule has 0 N–H and O–H groups in total. The molecular weight excluding hydrogens is 450 g/mol. The van der Waals surface area contributed by atoms with Gasteiger partial charge in [0.25, 0.3) is 0 Å². The third-order valence-corrected chi connectivity index (χ3v) is 8.36. The number of rotatable bonds is 1. The highest BCUT2D eigenvalue weighted by atomic mass is 15.2. The zero-order valence-corrected chi connectivity index (χ0v) is 21.8. The molecule has 0 aromatic heterocycles. The van der Waals surface area contributed by atoms with E-state index in [1.807, 2.05) is 0 Å². The topological polar surface area (TPSA) is 50.8 Å². The van der Waals surface area contributed by atoms with Gasteiger partial charge in [-0.05, 0) is 67.2 Å². The van der Waals surface area contributed by atoms with Crippen molar-refractivity contribution in [2.45, 2.75) is 57.9 Å². The summed E-state index contributed by atoms with van der Waals surface area (Å²) in [4.78, 5) is 2.52. The zero-order chi connectivity index (χ0) is 25.8. The van der Waals surface area contributed by atoms with E-state index >= 15 is 0 Å². The molecule has 37 heavy (non-hydrogen) atoms. The van der Waals surface area contributed by atoms with Crippen molar-refractivity contribution < 1.29 is 0 Å². The van der Waals surface area contributed by atoms with E-state index in [2.05, 4.69) is 116 Å². The van der Waals surface area contributed by atoms with Crippen LogP contribution in [0, 0.1) is 40.4 Å². The van der Waals surface area contributed by atoms with Crippen LogP contribution < -0.4 is 4.90 Å². The summed E-state index contributed by atoms with van der Waals surface area (Å²) >= 11 is 0. The van der Waals surface area contributed by atoms with Crippen molar-refractivity contribution in [3.8, 4) is 12.1 Å². The maximum Gasteiger partial charge on any atom is 0.0943 e. The van der Waals surface area contributed by atoms with Gasteiger partial charge in [0, 0.05) is 22.9 Å². The number of nitriles is 2. The minimum Gasteiger partial charge on any atom is -0.333 e. The van der Waals surface area contributed by atoms with E-state index < -0.39 is 0 Å². The van der Waals surface area contributed by atoms with E-state index in [0.717, 1.165) is 37.7 Å². The minimum absolute atomic E-state index is 0.0245. The highest BCUT2D eigenvalue weighted by molar-refractivity contribution is 5.72. The van der Waals surface area contributed by atoms with Crippen LogP contribution >= 0.6 is 0 Å². The first-order valence-corrected chi connectivity index (χ1v) is 13.6. The predicted molar refractivity (Wildman–Crippen MR) is 151 cm³/mol. The first-order valence-electron chi connectivity index (χ1n) is 13.6. The maximum absolute atomic E-state index is 9.92. The van der Waals surface area contributed by atoms with Crippen LogP contribution in [0.1, 0.15) is 56.6 Å². The third kappa shape index (κ3) is 5.05. The molecule has 2 aliphatic carbocycles. The molecule has 0 radical (unpaired) electrons. The summed E-state index contributed by atoms with van der Waals surface area (Å²) in [6.45, 7) is 4.58. The van der Waals surface area contributed by atoms with Crippen molar-refractivity contribution in [2.24, 2.45) is 17.8 Å². The van der Waals surface area contributed by atoms with Crippen LogP contribution in [0.3, 0.4) is 0 Å². The lowest BCUT2D eigenvalue weighted by Gasteiger charge is -2.40. The summed E-state index contributed by atoms with van der Waals surface area (Å²) < 4.78 is 0. The molecule has 0 amide bonds. The fourth-order valence-corrected chi connectivity index (χ4v) is 6.27. The summed E-state index contributed by atoms with van der Waals surface area (Å²) in [6.07, 6.45) is 17.5. The molecule has 5 unspecified atom stereocenters. The number of anilines is 2. The Morgan fingerprint density at radius 1 is 0.892 bits per heavy atom. The Kier molecular flexibility index (Phi) is 7.43. The summed E-state index contributed by atoms with van der Waals surface area (Å²) in [5.41, 5.74) is 7.22. The fourth-order valence-electron chi connectivity index (χ4n) is 6.27. The van der Waals surface area contributed by atoms with E-state index in [0.29, 0.717) is 11.8 Å². The van der Waals surface area contributed by atoms with Crippen molar-refractivity contribution in [1.29, 1.82) is 10.5 Å². The van der Waals surface area contributed by atoms with Crippen molar-refractivity contribution in [3.63, 3.8) is 0 Å². The molecule has 3 nitrogen and oxygen atoms in total.